The van der Waals surface area contributed by atoms with E-state index in [9.17, 15) is 0 Å². The first-order chi connectivity index (χ1) is 9.35. The van der Waals surface area contributed by atoms with Crippen LogP contribution in [0, 0.1) is 11.3 Å². The van der Waals surface area contributed by atoms with E-state index in [1.54, 1.807) is 0 Å². The minimum Gasteiger partial charge on any atom is -0.326 e. The van der Waals surface area contributed by atoms with Crippen molar-refractivity contribution in [3.05, 3.63) is 0 Å². The van der Waals surface area contributed by atoms with Gasteiger partial charge in [0.2, 0.25) is 0 Å². The number of nitrogens with two attached hydrogens (primary N) is 1. The molecule has 2 rings (SSSR count). The van der Waals surface area contributed by atoms with Crippen LogP contribution in [0.5, 0.6) is 0 Å². The summed E-state index contributed by atoms with van der Waals surface area (Å²) in [7, 11) is 2.24. The molecule has 2 N–H and O–H groups in total. The molecule has 1 aliphatic heterocycles. The van der Waals surface area contributed by atoms with E-state index < -0.39 is 0 Å². The van der Waals surface area contributed by atoms with Crippen LogP contribution >= 0.6 is 0 Å². The normalized spacial score (nSPS) is 38.1. The van der Waals surface area contributed by atoms with Gasteiger partial charge in [-0.25, -0.2) is 0 Å². The van der Waals surface area contributed by atoms with Crippen molar-refractivity contribution in [1.29, 1.82) is 0 Å². The molecule has 1 heterocycles. The van der Waals surface area contributed by atoms with E-state index in [2.05, 4.69) is 44.5 Å². The van der Waals surface area contributed by atoms with Crippen LogP contribution in [-0.4, -0.2) is 54.6 Å². The Bertz CT molecular complexity index is 315. The first kappa shape index (κ1) is 16.3. The van der Waals surface area contributed by atoms with Crippen LogP contribution in [0.15, 0.2) is 0 Å². The lowest BCUT2D eigenvalue weighted by Gasteiger charge is -2.49. The Morgan fingerprint density at radius 2 is 1.90 bits per heavy atom. The molecule has 0 aromatic rings. The average molecular weight is 281 g/mol. The van der Waals surface area contributed by atoms with E-state index in [0.29, 0.717) is 23.5 Å². The van der Waals surface area contributed by atoms with Crippen molar-refractivity contribution in [2.75, 3.05) is 26.7 Å². The Morgan fingerprint density at radius 3 is 2.50 bits per heavy atom. The van der Waals surface area contributed by atoms with E-state index in [1.807, 2.05) is 0 Å². The molecular formula is C17H35N3. The van der Waals surface area contributed by atoms with Gasteiger partial charge in [0.1, 0.15) is 0 Å². The predicted octanol–water partition coefficient (Wildman–Crippen LogP) is 2.55. The molecular weight excluding hydrogens is 246 g/mol. The third-order valence-corrected chi connectivity index (χ3v) is 6.35. The zero-order valence-corrected chi connectivity index (χ0v) is 14.2. The summed E-state index contributed by atoms with van der Waals surface area (Å²) >= 11 is 0. The molecule has 3 nitrogen and oxygen atoms in total. The molecule has 4 unspecified atom stereocenters. The summed E-state index contributed by atoms with van der Waals surface area (Å²) in [6.45, 7) is 13.1. The first-order valence-electron chi connectivity index (χ1n) is 8.55. The molecule has 1 saturated carbocycles. The number of hydrogen-bond acceptors (Lipinski definition) is 3. The Labute approximate surface area is 125 Å². The summed E-state index contributed by atoms with van der Waals surface area (Å²) < 4.78 is 0. The molecule has 0 aromatic heterocycles. The summed E-state index contributed by atoms with van der Waals surface area (Å²) in [5.74, 6) is 0.840. The molecule has 4 atom stereocenters. The summed E-state index contributed by atoms with van der Waals surface area (Å²) in [4.78, 5) is 5.16. The molecule has 0 spiro atoms. The molecule has 20 heavy (non-hydrogen) atoms. The lowest BCUT2D eigenvalue weighted by atomic mass is 9.67. The van der Waals surface area contributed by atoms with Crippen LogP contribution in [0.2, 0.25) is 0 Å². The molecule has 2 fully saturated rings. The van der Waals surface area contributed by atoms with Gasteiger partial charge >= 0.3 is 0 Å². The highest BCUT2D eigenvalue weighted by Gasteiger charge is 2.39. The second-order valence-electron chi connectivity index (χ2n) is 7.91. The Kier molecular flexibility index (Phi) is 5.14. The summed E-state index contributed by atoms with van der Waals surface area (Å²) in [5, 5.41) is 0. The van der Waals surface area contributed by atoms with Crippen molar-refractivity contribution in [2.45, 2.75) is 71.5 Å². The van der Waals surface area contributed by atoms with Crippen molar-refractivity contribution in [2.24, 2.45) is 17.1 Å². The predicted molar refractivity (Wildman–Crippen MR) is 86.8 cm³/mol. The summed E-state index contributed by atoms with van der Waals surface area (Å²) in [6, 6.07) is 1.65. The van der Waals surface area contributed by atoms with Crippen molar-refractivity contribution >= 4 is 0 Å². The molecule has 0 radical (unpaired) electrons. The zero-order valence-electron chi connectivity index (χ0n) is 14.2. The first-order valence-corrected chi connectivity index (χ1v) is 8.55. The van der Waals surface area contributed by atoms with Gasteiger partial charge in [-0.05, 0) is 44.6 Å². The summed E-state index contributed by atoms with van der Waals surface area (Å²) in [5.41, 5.74) is 6.95. The molecule has 0 amide bonds. The Hall–Kier alpha value is -0.120. The van der Waals surface area contributed by atoms with Crippen molar-refractivity contribution < 1.29 is 0 Å². The number of piperazine rings is 1. The highest BCUT2D eigenvalue weighted by molar-refractivity contribution is 4.95. The minimum absolute atomic E-state index is 0.384. The highest BCUT2D eigenvalue weighted by Crippen LogP contribution is 2.41. The van der Waals surface area contributed by atoms with Gasteiger partial charge in [-0.15, -0.1) is 0 Å². The fourth-order valence-electron chi connectivity index (χ4n) is 3.97. The van der Waals surface area contributed by atoms with Crippen LogP contribution in [0.3, 0.4) is 0 Å². The second-order valence-corrected chi connectivity index (χ2v) is 7.91. The van der Waals surface area contributed by atoms with E-state index >= 15 is 0 Å². The van der Waals surface area contributed by atoms with Crippen molar-refractivity contribution in [3.63, 3.8) is 0 Å². The number of nitrogens with zero attached hydrogens (tertiary/aromatic N) is 2. The van der Waals surface area contributed by atoms with Gasteiger partial charge < -0.3 is 10.6 Å². The van der Waals surface area contributed by atoms with Gasteiger partial charge in [-0.1, -0.05) is 27.2 Å². The Morgan fingerprint density at radius 1 is 1.20 bits per heavy atom. The number of likely N-dealkylation sites (N-methyl/N-ethyl adjacent to an activating group) is 1. The Balaban J connectivity index is 2.02. The molecule has 1 saturated heterocycles. The minimum atomic E-state index is 0.384. The molecule has 3 heteroatoms. The number of rotatable bonds is 3. The topological polar surface area (TPSA) is 32.5 Å². The maximum absolute atomic E-state index is 6.48. The fourth-order valence-corrected chi connectivity index (χ4v) is 3.97. The average Bonchev–Trinajstić information content (AvgIpc) is 2.42. The van der Waals surface area contributed by atoms with Crippen LogP contribution in [0.4, 0.5) is 0 Å². The van der Waals surface area contributed by atoms with E-state index in [4.69, 9.17) is 5.73 Å². The quantitative estimate of drug-likeness (QED) is 0.863. The van der Waals surface area contributed by atoms with Crippen LogP contribution in [0.1, 0.15) is 53.4 Å². The standard InChI is InChI=1S/C17H35N3/c1-6-17(3,4)14-7-8-15(18)16(11-14)20-10-9-19(5)13(2)12-20/h13-16H,6-12,18H2,1-5H3. The van der Waals surface area contributed by atoms with E-state index in [0.717, 1.165) is 5.92 Å². The van der Waals surface area contributed by atoms with Crippen molar-refractivity contribution in [3.8, 4) is 0 Å². The number of hydrogen-bond donors (Lipinski definition) is 1. The maximum atomic E-state index is 6.48. The maximum Gasteiger partial charge on any atom is 0.0251 e. The van der Waals surface area contributed by atoms with E-state index in [-0.39, 0.29) is 0 Å². The lowest BCUT2D eigenvalue weighted by molar-refractivity contribution is 0.0173. The lowest BCUT2D eigenvalue weighted by Crippen LogP contribution is -2.59. The van der Waals surface area contributed by atoms with Crippen LogP contribution in [0.25, 0.3) is 0 Å². The molecule has 0 bridgehead atoms. The SMILES string of the molecule is CCC(C)(C)C1CCC(N)C(N2CCN(C)C(C)C2)C1. The smallest absolute Gasteiger partial charge is 0.0251 e. The van der Waals surface area contributed by atoms with Crippen molar-refractivity contribution in [1.82, 2.24) is 9.80 Å². The van der Waals surface area contributed by atoms with Gasteiger partial charge in [-0.3, -0.25) is 4.90 Å². The van der Waals surface area contributed by atoms with Crippen LogP contribution < -0.4 is 5.73 Å². The molecule has 0 aromatic carbocycles. The van der Waals surface area contributed by atoms with Crippen LogP contribution in [-0.2, 0) is 0 Å². The van der Waals surface area contributed by atoms with Gasteiger partial charge in [0, 0.05) is 37.8 Å². The third-order valence-electron chi connectivity index (χ3n) is 6.35. The van der Waals surface area contributed by atoms with Gasteiger partial charge in [0.15, 0.2) is 0 Å². The second kappa shape index (κ2) is 6.33. The summed E-state index contributed by atoms with van der Waals surface area (Å²) in [6.07, 6.45) is 5.11. The van der Waals surface area contributed by atoms with Gasteiger partial charge in [0.25, 0.3) is 0 Å². The van der Waals surface area contributed by atoms with E-state index in [1.165, 1.54) is 45.3 Å². The largest absolute Gasteiger partial charge is 0.326 e. The third kappa shape index (κ3) is 3.37. The highest BCUT2D eigenvalue weighted by atomic mass is 15.3. The molecule has 118 valence electrons. The zero-order chi connectivity index (χ0) is 14.9. The fraction of sp³-hybridized carbons (Fsp3) is 1.00. The molecule has 1 aliphatic carbocycles. The van der Waals surface area contributed by atoms with Gasteiger partial charge in [0.05, 0.1) is 0 Å². The van der Waals surface area contributed by atoms with Gasteiger partial charge in [-0.2, -0.15) is 0 Å². The monoisotopic (exact) mass is 281 g/mol. The molecule has 2 aliphatic rings.